The average Bonchev–Trinajstić information content (AvgIpc) is 3.12. The van der Waals surface area contributed by atoms with Crippen LogP contribution in [0.3, 0.4) is 0 Å². The molecule has 1 N–H and O–H groups in total. The number of carbonyl (C=O) groups is 1. The summed E-state index contributed by atoms with van der Waals surface area (Å²) in [5.41, 5.74) is 2.18. The Kier molecular flexibility index (Phi) is 3.83. The van der Waals surface area contributed by atoms with Crippen LogP contribution in [0.4, 0.5) is 5.95 Å². The molecule has 0 saturated carbocycles. The van der Waals surface area contributed by atoms with Crippen molar-refractivity contribution in [2.75, 3.05) is 18.0 Å². The van der Waals surface area contributed by atoms with E-state index in [9.17, 15) is 4.79 Å². The number of rotatable bonds is 3. The lowest BCUT2D eigenvalue weighted by molar-refractivity contribution is 0.0696. The van der Waals surface area contributed by atoms with Gasteiger partial charge in [0.25, 0.3) is 0 Å². The first-order chi connectivity index (χ1) is 12.1. The monoisotopic (exact) mass is 337 g/mol. The van der Waals surface area contributed by atoms with Gasteiger partial charge in [-0.15, -0.1) is 0 Å². The number of hydrogen-bond donors (Lipinski definition) is 1. The van der Waals surface area contributed by atoms with E-state index in [0.29, 0.717) is 0 Å². The zero-order chi connectivity index (χ0) is 17.4. The smallest absolute Gasteiger partial charge is 0.338 e. The van der Waals surface area contributed by atoms with E-state index in [2.05, 4.69) is 15.0 Å². The lowest BCUT2D eigenvalue weighted by Gasteiger charge is -2.32. The summed E-state index contributed by atoms with van der Waals surface area (Å²) in [5, 5.41) is 14.3. The van der Waals surface area contributed by atoms with Gasteiger partial charge < -0.3 is 10.0 Å². The number of carboxylic acids is 1. The molecule has 0 atom stereocenters. The van der Waals surface area contributed by atoms with Crippen LogP contribution < -0.4 is 4.90 Å². The van der Waals surface area contributed by atoms with Crippen molar-refractivity contribution in [1.29, 1.82) is 0 Å². The van der Waals surface area contributed by atoms with Gasteiger partial charge in [-0.2, -0.15) is 5.10 Å². The van der Waals surface area contributed by atoms with Gasteiger partial charge in [-0.1, -0.05) is 18.2 Å². The van der Waals surface area contributed by atoms with Gasteiger partial charge in [0.15, 0.2) is 0 Å². The SMILES string of the molecule is Cc1nc(N2CCC(n3cc(C(=O)O)cn3)CC2)nc2ccccc12. The van der Waals surface area contributed by atoms with E-state index in [4.69, 9.17) is 10.1 Å². The minimum atomic E-state index is -0.941. The van der Waals surface area contributed by atoms with Gasteiger partial charge in [0, 0.05) is 24.7 Å². The van der Waals surface area contributed by atoms with Crippen LogP contribution >= 0.6 is 0 Å². The summed E-state index contributed by atoms with van der Waals surface area (Å²) in [4.78, 5) is 22.6. The number of fused-ring (bicyclic) bond motifs is 1. The number of carboxylic acid groups (broad SMARTS) is 1. The highest BCUT2D eigenvalue weighted by Crippen LogP contribution is 2.26. The molecule has 4 rings (SSSR count). The molecule has 0 unspecified atom stereocenters. The first-order valence-corrected chi connectivity index (χ1v) is 8.37. The first-order valence-electron chi connectivity index (χ1n) is 8.37. The van der Waals surface area contributed by atoms with Crippen molar-refractivity contribution in [2.45, 2.75) is 25.8 Å². The molecule has 0 radical (unpaired) electrons. The standard InChI is InChI=1S/C18H19N5O2/c1-12-15-4-2-3-5-16(15)21-18(20-12)22-8-6-14(7-9-22)23-11-13(10-19-23)17(24)25/h2-5,10-11,14H,6-9H2,1H3,(H,24,25). The van der Waals surface area contributed by atoms with E-state index in [1.54, 1.807) is 10.9 Å². The number of hydrogen-bond acceptors (Lipinski definition) is 5. The molecule has 3 aromatic rings. The average molecular weight is 337 g/mol. The minimum Gasteiger partial charge on any atom is -0.478 e. The highest BCUT2D eigenvalue weighted by Gasteiger charge is 2.24. The summed E-state index contributed by atoms with van der Waals surface area (Å²) in [7, 11) is 0. The van der Waals surface area contributed by atoms with Crippen molar-refractivity contribution >= 4 is 22.8 Å². The van der Waals surface area contributed by atoms with E-state index >= 15 is 0 Å². The van der Waals surface area contributed by atoms with Crippen LogP contribution in [0.25, 0.3) is 10.9 Å². The molecule has 0 spiro atoms. The zero-order valence-electron chi connectivity index (χ0n) is 14.0. The third kappa shape index (κ3) is 2.93. The maximum Gasteiger partial charge on any atom is 0.338 e. The topological polar surface area (TPSA) is 84.1 Å². The quantitative estimate of drug-likeness (QED) is 0.791. The number of aryl methyl sites for hydroxylation is 1. The fourth-order valence-electron chi connectivity index (χ4n) is 3.34. The maximum atomic E-state index is 11.0. The van der Waals surface area contributed by atoms with Gasteiger partial charge in [0.2, 0.25) is 5.95 Å². The fraction of sp³-hybridized carbons (Fsp3) is 0.333. The number of aromatic nitrogens is 4. The molecule has 7 heteroatoms. The van der Waals surface area contributed by atoms with Crippen molar-refractivity contribution in [3.8, 4) is 0 Å². The van der Waals surface area contributed by atoms with Crippen molar-refractivity contribution < 1.29 is 9.90 Å². The molecule has 1 aliphatic heterocycles. The summed E-state index contributed by atoms with van der Waals surface area (Å²) in [6, 6.07) is 8.25. The van der Waals surface area contributed by atoms with Gasteiger partial charge in [-0.25, -0.2) is 14.8 Å². The molecular weight excluding hydrogens is 318 g/mol. The van der Waals surface area contributed by atoms with Crippen molar-refractivity contribution in [3.63, 3.8) is 0 Å². The number of anilines is 1. The fourth-order valence-corrected chi connectivity index (χ4v) is 3.34. The normalized spacial score (nSPS) is 15.6. The molecule has 1 aromatic carbocycles. The Bertz CT molecular complexity index is 928. The molecule has 128 valence electrons. The Morgan fingerprint density at radius 2 is 1.96 bits per heavy atom. The number of nitrogens with zero attached hydrogens (tertiary/aromatic N) is 5. The second-order valence-electron chi connectivity index (χ2n) is 6.36. The Balaban J connectivity index is 1.50. The maximum absolute atomic E-state index is 11.0. The van der Waals surface area contributed by atoms with E-state index in [-0.39, 0.29) is 11.6 Å². The van der Waals surface area contributed by atoms with Gasteiger partial charge in [-0.05, 0) is 25.8 Å². The van der Waals surface area contributed by atoms with E-state index in [1.807, 2.05) is 31.2 Å². The molecule has 1 fully saturated rings. The predicted octanol–water partition coefficient (Wildman–Crippen LogP) is 2.67. The highest BCUT2D eigenvalue weighted by atomic mass is 16.4. The summed E-state index contributed by atoms with van der Waals surface area (Å²) < 4.78 is 1.77. The number of para-hydroxylation sites is 1. The van der Waals surface area contributed by atoms with Crippen molar-refractivity contribution in [3.05, 3.63) is 47.9 Å². The van der Waals surface area contributed by atoms with Crippen LogP contribution in [0.15, 0.2) is 36.7 Å². The van der Waals surface area contributed by atoms with Crippen molar-refractivity contribution in [1.82, 2.24) is 19.7 Å². The van der Waals surface area contributed by atoms with Gasteiger partial charge >= 0.3 is 5.97 Å². The summed E-state index contributed by atoms with van der Waals surface area (Å²) >= 11 is 0. The Hall–Kier alpha value is -2.96. The molecule has 1 saturated heterocycles. The zero-order valence-corrected chi connectivity index (χ0v) is 14.0. The van der Waals surface area contributed by atoms with Crippen LogP contribution in [-0.2, 0) is 0 Å². The summed E-state index contributed by atoms with van der Waals surface area (Å²) in [6.45, 7) is 3.66. The Morgan fingerprint density at radius 1 is 1.20 bits per heavy atom. The van der Waals surface area contributed by atoms with Gasteiger partial charge in [-0.3, -0.25) is 4.68 Å². The second-order valence-corrected chi connectivity index (χ2v) is 6.36. The minimum absolute atomic E-state index is 0.214. The molecule has 25 heavy (non-hydrogen) atoms. The largest absolute Gasteiger partial charge is 0.478 e. The summed E-state index contributed by atoms with van der Waals surface area (Å²) in [5.74, 6) is -0.176. The third-order valence-electron chi connectivity index (χ3n) is 4.75. The van der Waals surface area contributed by atoms with Crippen molar-refractivity contribution in [2.24, 2.45) is 0 Å². The lowest BCUT2D eigenvalue weighted by Crippen LogP contribution is -2.36. The Labute approximate surface area is 144 Å². The van der Waals surface area contributed by atoms with Crippen LogP contribution in [0.5, 0.6) is 0 Å². The van der Waals surface area contributed by atoms with E-state index < -0.39 is 5.97 Å². The first kappa shape index (κ1) is 15.6. The van der Waals surface area contributed by atoms with E-state index in [0.717, 1.165) is 48.5 Å². The molecule has 3 heterocycles. The van der Waals surface area contributed by atoms with Crippen LogP contribution in [0.2, 0.25) is 0 Å². The molecule has 2 aromatic heterocycles. The van der Waals surface area contributed by atoms with Crippen LogP contribution in [0, 0.1) is 6.92 Å². The molecule has 0 aliphatic carbocycles. The number of aromatic carboxylic acids is 1. The molecule has 0 bridgehead atoms. The number of piperidine rings is 1. The van der Waals surface area contributed by atoms with Crippen LogP contribution in [0.1, 0.15) is 34.9 Å². The third-order valence-corrected chi connectivity index (χ3v) is 4.75. The second kappa shape index (κ2) is 6.16. The van der Waals surface area contributed by atoms with E-state index in [1.165, 1.54) is 6.20 Å². The Morgan fingerprint density at radius 3 is 2.68 bits per heavy atom. The molecule has 7 nitrogen and oxygen atoms in total. The van der Waals surface area contributed by atoms with Crippen LogP contribution in [-0.4, -0.2) is 43.9 Å². The molecular formula is C18H19N5O2. The lowest BCUT2D eigenvalue weighted by atomic mass is 10.1. The molecule has 0 amide bonds. The van der Waals surface area contributed by atoms with Gasteiger partial charge in [0.1, 0.15) is 0 Å². The summed E-state index contributed by atoms with van der Waals surface area (Å²) in [6.07, 6.45) is 4.79. The van der Waals surface area contributed by atoms with Gasteiger partial charge in [0.05, 0.1) is 29.0 Å². The predicted molar refractivity (Wildman–Crippen MR) is 93.9 cm³/mol. The number of benzene rings is 1. The molecule has 1 aliphatic rings. The highest BCUT2D eigenvalue weighted by molar-refractivity contribution is 5.86.